The van der Waals surface area contributed by atoms with Crippen molar-refractivity contribution >= 4 is 10.7 Å². The molecule has 0 spiro atoms. The van der Waals surface area contributed by atoms with Gasteiger partial charge in [-0.1, -0.05) is 16.8 Å². The Balaban J connectivity index is 3.07. The summed E-state index contributed by atoms with van der Waals surface area (Å²) in [5.74, 6) is 0.157. The summed E-state index contributed by atoms with van der Waals surface area (Å²) in [5.41, 5.74) is -0.821. The summed E-state index contributed by atoms with van der Waals surface area (Å²) in [4.78, 5) is 3.21. The zero-order valence-corrected chi connectivity index (χ0v) is 10.9. The molecule has 1 heterocycles. The fourth-order valence-corrected chi connectivity index (χ4v) is 1.98. The minimum atomic E-state index is -5.66. The second-order valence-corrected chi connectivity index (χ2v) is 5.79. The molecule has 0 aromatic carbocycles. The normalized spacial score (nSPS) is 16.4. The first kappa shape index (κ1) is 16.0. The summed E-state index contributed by atoms with van der Waals surface area (Å²) in [5, 5.41) is -0.203. The van der Waals surface area contributed by atoms with E-state index in [0.717, 1.165) is 6.20 Å². The highest BCUT2D eigenvalue weighted by Crippen LogP contribution is 2.43. The smallest absolute Gasteiger partial charge is 0.254 e. The Morgan fingerprint density at radius 3 is 2.21 bits per heavy atom. The minimum absolute atomic E-state index is 0.203. The Kier molecular flexibility index (Phi) is 4.62. The molecule has 0 radical (unpaired) electrons. The molecule has 0 aliphatic rings. The van der Waals surface area contributed by atoms with Crippen LogP contribution in [0.2, 0.25) is 0 Å². The number of alkyl halides is 5. The van der Waals surface area contributed by atoms with E-state index in [2.05, 4.69) is 9.46 Å². The lowest BCUT2D eigenvalue weighted by atomic mass is 10.1. The summed E-state index contributed by atoms with van der Waals surface area (Å²) < 4.78 is 66.0. The third-order valence-electron chi connectivity index (χ3n) is 2.61. The number of nitrogens with two attached hydrogens (primary N) is 1. The van der Waals surface area contributed by atoms with Gasteiger partial charge in [0.2, 0.25) is 0 Å². The van der Waals surface area contributed by atoms with Crippen molar-refractivity contribution in [1.82, 2.24) is 4.98 Å². The number of rotatable bonds is 3. The van der Waals surface area contributed by atoms with Crippen molar-refractivity contribution in [2.24, 2.45) is 10.3 Å². The number of nitrogens with zero attached hydrogens (tertiary/aromatic N) is 2. The summed E-state index contributed by atoms with van der Waals surface area (Å²) in [6, 6.07) is 1.86. The number of aromatic nitrogens is 1. The molecule has 1 aromatic heterocycles. The maximum absolute atomic E-state index is 13.0. The molecule has 3 nitrogen and oxygen atoms in total. The number of hydrogen-bond donors (Lipinski definition) is 1. The van der Waals surface area contributed by atoms with Gasteiger partial charge in [-0.3, -0.25) is 4.98 Å². The van der Waals surface area contributed by atoms with Gasteiger partial charge >= 0.3 is 12.1 Å². The molecule has 0 aliphatic heterocycles. The van der Waals surface area contributed by atoms with Gasteiger partial charge in [0.15, 0.2) is 0 Å². The molecule has 19 heavy (non-hydrogen) atoms. The zero-order valence-electron chi connectivity index (χ0n) is 10.1. The quantitative estimate of drug-likeness (QED) is 0.530. The van der Waals surface area contributed by atoms with Crippen molar-refractivity contribution in [2.45, 2.75) is 24.3 Å². The molecule has 108 valence electrons. The molecule has 1 aromatic rings. The molecule has 2 unspecified atom stereocenters. The molecule has 2 atom stereocenters. The molecule has 0 saturated carbocycles. The van der Waals surface area contributed by atoms with Gasteiger partial charge in [0, 0.05) is 11.4 Å². The van der Waals surface area contributed by atoms with Crippen LogP contribution in [-0.4, -0.2) is 17.4 Å². The van der Waals surface area contributed by atoms with Gasteiger partial charge in [-0.25, -0.2) is 5.84 Å². The van der Waals surface area contributed by atoms with Crippen LogP contribution in [-0.2, 0) is 16.6 Å². The van der Waals surface area contributed by atoms with Crippen molar-refractivity contribution in [3.8, 4) is 0 Å². The van der Waals surface area contributed by atoms with Crippen LogP contribution in [0.3, 0.4) is 0 Å². The third kappa shape index (κ3) is 3.27. The van der Waals surface area contributed by atoms with Crippen LogP contribution >= 0.6 is 0 Å². The van der Waals surface area contributed by atoms with Gasteiger partial charge in [-0.05, 0) is 24.8 Å². The first-order chi connectivity index (χ1) is 8.61. The van der Waals surface area contributed by atoms with Crippen molar-refractivity contribution in [3.63, 3.8) is 0 Å². The van der Waals surface area contributed by atoms with Crippen LogP contribution < -0.4 is 5.84 Å². The predicted octanol–water partition coefficient (Wildman–Crippen LogP) is 3.10. The Morgan fingerprint density at radius 2 is 1.84 bits per heavy atom. The molecule has 0 amide bonds. The highest BCUT2D eigenvalue weighted by atomic mass is 32.2. The SMILES string of the molecule is CC(c1ccc(C(F)(F)C(F)(F)F)nc1)S(C)=NN. The van der Waals surface area contributed by atoms with Gasteiger partial charge in [0.05, 0.1) is 0 Å². The topological polar surface area (TPSA) is 51.3 Å². The van der Waals surface area contributed by atoms with Gasteiger partial charge in [0.1, 0.15) is 5.69 Å². The lowest BCUT2D eigenvalue weighted by Crippen LogP contribution is -2.34. The Bertz CT molecular complexity index is 469. The van der Waals surface area contributed by atoms with E-state index in [1.54, 1.807) is 13.2 Å². The van der Waals surface area contributed by atoms with Crippen LogP contribution in [0.5, 0.6) is 0 Å². The molecule has 0 aliphatic carbocycles. The van der Waals surface area contributed by atoms with Gasteiger partial charge in [0.25, 0.3) is 0 Å². The second kappa shape index (κ2) is 5.49. The summed E-state index contributed by atoms with van der Waals surface area (Å²) in [6.45, 7) is 1.73. The van der Waals surface area contributed by atoms with Gasteiger partial charge in [-0.2, -0.15) is 26.4 Å². The van der Waals surface area contributed by atoms with Gasteiger partial charge in [-0.15, -0.1) is 0 Å². The predicted molar refractivity (Wildman–Crippen MR) is 62.5 cm³/mol. The maximum atomic E-state index is 13.0. The molecule has 2 N–H and O–H groups in total. The van der Waals surface area contributed by atoms with E-state index in [9.17, 15) is 22.0 Å². The molecular formula is C10H12F5N3S. The first-order valence-corrected chi connectivity index (χ1v) is 6.73. The van der Waals surface area contributed by atoms with Crippen LogP contribution in [0.4, 0.5) is 22.0 Å². The average Bonchev–Trinajstić information content (AvgIpc) is 2.35. The second-order valence-electron chi connectivity index (χ2n) is 3.82. The largest absolute Gasteiger partial charge is 0.459 e. The number of hydrogen-bond acceptors (Lipinski definition) is 2. The Labute approximate surface area is 109 Å². The van der Waals surface area contributed by atoms with Gasteiger partial charge < -0.3 is 0 Å². The fourth-order valence-electron chi connectivity index (χ4n) is 1.26. The van der Waals surface area contributed by atoms with Crippen molar-refractivity contribution < 1.29 is 22.0 Å². The maximum Gasteiger partial charge on any atom is 0.459 e. The van der Waals surface area contributed by atoms with E-state index in [1.165, 1.54) is 6.07 Å². The van der Waals surface area contributed by atoms with E-state index in [0.29, 0.717) is 11.6 Å². The van der Waals surface area contributed by atoms with E-state index in [4.69, 9.17) is 5.84 Å². The number of pyridine rings is 1. The first-order valence-electron chi connectivity index (χ1n) is 5.08. The summed E-state index contributed by atoms with van der Waals surface area (Å²) in [6.07, 6.45) is -2.94. The van der Waals surface area contributed by atoms with E-state index < -0.39 is 28.5 Å². The summed E-state index contributed by atoms with van der Waals surface area (Å²) in [7, 11) is -0.565. The Hall–Kier alpha value is -1.09. The average molecular weight is 301 g/mol. The lowest BCUT2D eigenvalue weighted by molar-refractivity contribution is -0.290. The fraction of sp³-hybridized carbons (Fsp3) is 0.500. The van der Waals surface area contributed by atoms with Crippen LogP contribution in [0.25, 0.3) is 0 Å². The molecule has 1 rings (SSSR count). The van der Waals surface area contributed by atoms with Crippen LogP contribution in [0.1, 0.15) is 23.4 Å². The molecular weight excluding hydrogens is 289 g/mol. The zero-order chi connectivity index (χ0) is 14.8. The minimum Gasteiger partial charge on any atom is -0.254 e. The van der Waals surface area contributed by atoms with E-state index >= 15 is 0 Å². The molecule has 0 bridgehead atoms. The lowest BCUT2D eigenvalue weighted by Gasteiger charge is -2.19. The van der Waals surface area contributed by atoms with Crippen molar-refractivity contribution in [1.29, 1.82) is 0 Å². The van der Waals surface area contributed by atoms with Crippen molar-refractivity contribution in [3.05, 3.63) is 29.6 Å². The highest BCUT2D eigenvalue weighted by molar-refractivity contribution is 7.86. The molecule has 9 heteroatoms. The third-order valence-corrected chi connectivity index (χ3v) is 4.24. The number of halogens is 5. The van der Waals surface area contributed by atoms with E-state index in [1.807, 2.05) is 0 Å². The monoisotopic (exact) mass is 301 g/mol. The van der Waals surface area contributed by atoms with Crippen LogP contribution in [0, 0.1) is 0 Å². The molecule has 0 saturated heterocycles. The van der Waals surface area contributed by atoms with E-state index in [-0.39, 0.29) is 5.25 Å². The van der Waals surface area contributed by atoms with Crippen molar-refractivity contribution in [2.75, 3.05) is 6.26 Å². The Morgan fingerprint density at radius 1 is 1.26 bits per heavy atom. The van der Waals surface area contributed by atoms with Crippen LogP contribution in [0.15, 0.2) is 22.8 Å². The standard InChI is InChI=1S/C10H12F5N3S/c1-6(19(2)18-16)7-3-4-8(17-5-7)9(11,12)10(13,14)15/h3-6H,16H2,1-2H3. The molecule has 0 fully saturated rings. The summed E-state index contributed by atoms with van der Waals surface area (Å²) >= 11 is 0. The highest BCUT2D eigenvalue weighted by Gasteiger charge is 2.59.